The van der Waals surface area contributed by atoms with Crippen molar-refractivity contribution in [1.82, 2.24) is 0 Å². The molecular formula is C28H24O3. The van der Waals surface area contributed by atoms with Crippen LogP contribution in [0.3, 0.4) is 0 Å². The van der Waals surface area contributed by atoms with Gasteiger partial charge >= 0.3 is 5.97 Å². The average Bonchev–Trinajstić information content (AvgIpc) is 3.22. The van der Waals surface area contributed by atoms with Gasteiger partial charge in [0.25, 0.3) is 0 Å². The van der Waals surface area contributed by atoms with Gasteiger partial charge in [0.2, 0.25) is 0 Å². The molecule has 2 bridgehead atoms. The molecule has 0 aliphatic heterocycles. The summed E-state index contributed by atoms with van der Waals surface area (Å²) in [6.45, 7) is 4.23. The molecule has 0 heterocycles. The molecule has 2 aliphatic rings. The Bertz CT molecular complexity index is 1400. The fraction of sp³-hybridized carbons (Fsp3) is 0.250. The average molecular weight is 408 g/mol. The molecule has 1 N–H and O–H groups in total. The molecule has 0 spiro atoms. The van der Waals surface area contributed by atoms with Gasteiger partial charge in [-0.2, -0.15) is 0 Å². The molecule has 154 valence electrons. The standard InChI is InChI=1S/C28H24O3/c1-17-7-10-22-21(13-17)15-23-24(25(22)29)27(2)11-12-28(23,16-27)31-26(30)20-9-8-18-5-3-4-6-19(18)14-20/h3-10,13-15,29H,11-12,16H2,1-2H3. The van der Waals surface area contributed by atoms with E-state index in [-0.39, 0.29) is 11.4 Å². The highest BCUT2D eigenvalue weighted by Gasteiger charge is 2.59. The van der Waals surface area contributed by atoms with Crippen molar-refractivity contribution >= 4 is 27.5 Å². The second-order valence-electron chi connectivity index (χ2n) is 9.56. The van der Waals surface area contributed by atoms with E-state index in [2.05, 4.69) is 19.1 Å². The van der Waals surface area contributed by atoms with Gasteiger partial charge in [-0.3, -0.25) is 0 Å². The molecule has 1 saturated carbocycles. The summed E-state index contributed by atoms with van der Waals surface area (Å²) in [5, 5.41) is 15.2. The zero-order valence-corrected chi connectivity index (χ0v) is 17.7. The molecule has 2 aliphatic carbocycles. The topological polar surface area (TPSA) is 46.5 Å². The summed E-state index contributed by atoms with van der Waals surface area (Å²) in [5.74, 6) is 0.0463. The molecule has 3 nitrogen and oxygen atoms in total. The van der Waals surface area contributed by atoms with E-state index in [4.69, 9.17) is 4.74 Å². The minimum atomic E-state index is -0.678. The second-order valence-corrected chi connectivity index (χ2v) is 9.56. The number of benzene rings is 4. The quantitative estimate of drug-likeness (QED) is 0.384. The van der Waals surface area contributed by atoms with Gasteiger partial charge in [0.05, 0.1) is 5.56 Å². The number of ether oxygens (including phenoxy) is 1. The number of aryl methyl sites for hydroxylation is 1. The van der Waals surface area contributed by atoms with Crippen molar-refractivity contribution < 1.29 is 14.6 Å². The molecule has 4 aromatic rings. The summed E-state index contributed by atoms with van der Waals surface area (Å²) in [4.78, 5) is 13.3. The van der Waals surface area contributed by atoms with Crippen LogP contribution in [0.2, 0.25) is 0 Å². The van der Waals surface area contributed by atoms with Crippen LogP contribution in [-0.2, 0) is 15.8 Å². The Kier molecular flexibility index (Phi) is 3.63. The second kappa shape index (κ2) is 6.10. The van der Waals surface area contributed by atoms with Gasteiger partial charge in [-0.1, -0.05) is 61.0 Å². The number of rotatable bonds is 2. The van der Waals surface area contributed by atoms with E-state index in [1.807, 2.05) is 61.5 Å². The lowest BCUT2D eigenvalue weighted by molar-refractivity contribution is -0.0165. The van der Waals surface area contributed by atoms with Crippen molar-refractivity contribution in [2.45, 2.75) is 44.1 Å². The summed E-state index contributed by atoms with van der Waals surface area (Å²) < 4.78 is 6.30. The highest BCUT2D eigenvalue weighted by Crippen LogP contribution is 2.64. The van der Waals surface area contributed by atoms with E-state index < -0.39 is 5.60 Å². The van der Waals surface area contributed by atoms with Crippen LogP contribution in [0.4, 0.5) is 0 Å². The monoisotopic (exact) mass is 408 g/mol. The summed E-state index contributed by atoms with van der Waals surface area (Å²) in [6, 6.07) is 22.0. The number of carbonyl (C=O) groups is 1. The van der Waals surface area contributed by atoms with Crippen LogP contribution in [0.5, 0.6) is 5.75 Å². The van der Waals surface area contributed by atoms with E-state index in [9.17, 15) is 9.90 Å². The largest absolute Gasteiger partial charge is 0.507 e. The summed E-state index contributed by atoms with van der Waals surface area (Å²) in [7, 11) is 0. The van der Waals surface area contributed by atoms with Crippen molar-refractivity contribution in [3.05, 3.63) is 89.0 Å². The lowest BCUT2D eigenvalue weighted by atomic mass is 9.78. The first kappa shape index (κ1) is 18.4. The van der Waals surface area contributed by atoms with Crippen molar-refractivity contribution in [3.63, 3.8) is 0 Å². The number of aromatic hydroxyl groups is 1. The maximum atomic E-state index is 13.3. The molecule has 1 fully saturated rings. The molecule has 0 amide bonds. The summed E-state index contributed by atoms with van der Waals surface area (Å²) in [5.41, 5.74) is 2.79. The highest BCUT2D eigenvalue weighted by molar-refractivity contribution is 5.96. The van der Waals surface area contributed by atoms with E-state index in [0.29, 0.717) is 11.3 Å². The van der Waals surface area contributed by atoms with Gasteiger partial charge in [0, 0.05) is 28.3 Å². The molecule has 2 atom stereocenters. The van der Waals surface area contributed by atoms with Crippen LogP contribution < -0.4 is 0 Å². The number of carbonyl (C=O) groups excluding carboxylic acids is 1. The first-order chi connectivity index (χ1) is 14.9. The molecule has 3 heteroatoms. The Morgan fingerprint density at radius 3 is 2.58 bits per heavy atom. The Labute approximate surface area is 181 Å². The van der Waals surface area contributed by atoms with Gasteiger partial charge in [-0.25, -0.2) is 4.79 Å². The SMILES string of the molecule is Cc1ccc2c(O)c3c(cc2c1)C1(OC(=O)c2ccc4ccccc4c2)CCC3(C)C1. The number of hydrogen-bond donors (Lipinski definition) is 1. The first-order valence-electron chi connectivity index (χ1n) is 10.9. The molecule has 4 aromatic carbocycles. The van der Waals surface area contributed by atoms with Gasteiger partial charge in [0.15, 0.2) is 0 Å². The van der Waals surface area contributed by atoms with Crippen LogP contribution in [0.25, 0.3) is 21.5 Å². The highest BCUT2D eigenvalue weighted by atomic mass is 16.6. The van der Waals surface area contributed by atoms with Gasteiger partial charge in [0.1, 0.15) is 11.4 Å². The first-order valence-corrected chi connectivity index (χ1v) is 10.9. The maximum absolute atomic E-state index is 13.3. The van der Waals surface area contributed by atoms with Gasteiger partial charge < -0.3 is 9.84 Å². The molecule has 6 rings (SSSR count). The number of phenolic OH excluding ortho intramolecular Hbond substituents is 1. The zero-order chi connectivity index (χ0) is 21.4. The third-order valence-corrected chi connectivity index (χ3v) is 7.39. The minimum Gasteiger partial charge on any atom is -0.507 e. The number of hydrogen-bond acceptors (Lipinski definition) is 3. The predicted molar refractivity (Wildman–Crippen MR) is 123 cm³/mol. The minimum absolute atomic E-state index is 0.178. The van der Waals surface area contributed by atoms with Crippen molar-refractivity contribution in [2.24, 2.45) is 0 Å². The van der Waals surface area contributed by atoms with Crippen molar-refractivity contribution in [2.75, 3.05) is 0 Å². The fourth-order valence-corrected chi connectivity index (χ4v) is 5.90. The lowest BCUT2D eigenvalue weighted by Gasteiger charge is -2.31. The number of fused-ring (bicyclic) bond motifs is 7. The smallest absolute Gasteiger partial charge is 0.339 e. The lowest BCUT2D eigenvalue weighted by Crippen LogP contribution is -2.28. The Morgan fingerprint density at radius 2 is 1.74 bits per heavy atom. The molecule has 31 heavy (non-hydrogen) atoms. The Hall–Kier alpha value is -3.33. The van der Waals surface area contributed by atoms with Crippen LogP contribution in [-0.4, -0.2) is 11.1 Å². The molecule has 0 radical (unpaired) electrons. The molecule has 2 unspecified atom stereocenters. The fourth-order valence-electron chi connectivity index (χ4n) is 5.90. The van der Waals surface area contributed by atoms with Crippen LogP contribution in [0, 0.1) is 6.92 Å². The van der Waals surface area contributed by atoms with Crippen LogP contribution >= 0.6 is 0 Å². The molecule has 0 saturated heterocycles. The number of phenols is 1. The van der Waals surface area contributed by atoms with Gasteiger partial charge in [-0.15, -0.1) is 0 Å². The van der Waals surface area contributed by atoms with E-state index in [1.165, 1.54) is 0 Å². The molecule has 0 aromatic heterocycles. The predicted octanol–water partition coefficient (Wildman–Crippen LogP) is 6.51. The van der Waals surface area contributed by atoms with Crippen molar-refractivity contribution in [3.8, 4) is 5.75 Å². The summed E-state index contributed by atoms with van der Waals surface area (Å²) >= 11 is 0. The maximum Gasteiger partial charge on any atom is 0.339 e. The normalized spacial score (nSPS) is 23.9. The van der Waals surface area contributed by atoms with Crippen LogP contribution in [0.15, 0.2) is 66.7 Å². The zero-order valence-electron chi connectivity index (χ0n) is 17.7. The Balaban J connectivity index is 1.46. The van der Waals surface area contributed by atoms with Crippen LogP contribution in [0.1, 0.15) is 53.2 Å². The molecular weight excluding hydrogens is 384 g/mol. The third-order valence-electron chi connectivity index (χ3n) is 7.39. The van der Waals surface area contributed by atoms with E-state index >= 15 is 0 Å². The van der Waals surface area contributed by atoms with Gasteiger partial charge in [-0.05, 0) is 54.1 Å². The van der Waals surface area contributed by atoms with E-state index in [0.717, 1.165) is 57.5 Å². The third kappa shape index (κ3) is 2.56. The van der Waals surface area contributed by atoms with E-state index in [1.54, 1.807) is 0 Å². The van der Waals surface area contributed by atoms with Crippen molar-refractivity contribution in [1.29, 1.82) is 0 Å². The number of esters is 1. The summed E-state index contributed by atoms with van der Waals surface area (Å²) in [6.07, 6.45) is 2.40. The Morgan fingerprint density at radius 1 is 0.935 bits per heavy atom.